The van der Waals surface area contributed by atoms with Gasteiger partial charge in [0.2, 0.25) is 0 Å². The van der Waals surface area contributed by atoms with Gasteiger partial charge in [-0.15, -0.1) is 0 Å². The zero-order valence-corrected chi connectivity index (χ0v) is 9.20. The molecule has 1 aliphatic heterocycles. The lowest BCUT2D eigenvalue weighted by Gasteiger charge is -2.01. The fraction of sp³-hybridized carbons (Fsp3) is 0.182. The molecule has 5 heteroatoms. The monoisotopic (exact) mass is 238 g/mol. The van der Waals surface area contributed by atoms with Crippen molar-refractivity contribution in [2.45, 2.75) is 0 Å². The number of carboxylic acid groups (broad SMARTS) is 1. The smallest absolute Gasteiger partial charge is 0.335 e. The van der Waals surface area contributed by atoms with Crippen molar-refractivity contribution >= 4 is 21.4 Å². The lowest BCUT2D eigenvalue weighted by molar-refractivity contribution is 0.0697. The maximum Gasteiger partial charge on any atom is 0.335 e. The van der Waals surface area contributed by atoms with Gasteiger partial charge in [0, 0.05) is 0 Å². The van der Waals surface area contributed by atoms with Gasteiger partial charge in [0.05, 0.1) is 17.1 Å². The summed E-state index contributed by atoms with van der Waals surface area (Å²) in [5.41, 5.74) is 1.72. The molecule has 0 fully saturated rings. The fourth-order valence-corrected chi connectivity index (χ4v) is 2.94. The van der Waals surface area contributed by atoms with Crippen LogP contribution in [0, 0.1) is 0 Å². The summed E-state index contributed by atoms with van der Waals surface area (Å²) in [6, 6.07) is 6.22. The topological polar surface area (TPSA) is 71.4 Å². The molecule has 1 N–H and O–H groups in total. The zero-order valence-electron chi connectivity index (χ0n) is 8.38. The Bertz CT molecular complexity index is 552. The first-order valence-corrected chi connectivity index (χ1v) is 6.53. The number of rotatable bonds is 2. The SMILES string of the molecule is O=C(O)c1ccc(C2=CCS(=O)(=O)C2)cc1. The summed E-state index contributed by atoms with van der Waals surface area (Å²) in [6.07, 6.45) is 1.67. The first-order chi connectivity index (χ1) is 7.48. The van der Waals surface area contributed by atoms with Crippen molar-refractivity contribution in [3.05, 3.63) is 41.5 Å². The molecular formula is C11H10O4S. The van der Waals surface area contributed by atoms with Crippen LogP contribution in [0.2, 0.25) is 0 Å². The molecule has 1 aromatic carbocycles. The van der Waals surface area contributed by atoms with Crippen LogP contribution in [0.4, 0.5) is 0 Å². The number of aromatic carboxylic acids is 1. The largest absolute Gasteiger partial charge is 0.478 e. The van der Waals surface area contributed by atoms with E-state index in [1.165, 1.54) is 12.1 Å². The average molecular weight is 238 g/mol. The number of hydrogen-bond donors (Lipinski definition) is 1. The van der Waals surface area contributed by atoms with E-state index in [2.05, 4.69) is 0 Å². The Hall–Kier alpha value is -1.62. The highest BCUT2D eigenvalue weighted by molar-refractivity contribution is 7.92. The molecule has 0 atom stereocenters. The lowest BCUT2D eigenvalue weighted by atomic mass is 10.1. The summed E-state index contributed by atoms with van der Waals surface area (Å²) in [5, 5.41) is 8.71. The van der Waals surface area contributed by atoms with E-state index in [-0.39, 0.29) is 17.1 Å². The van der Waals surface area contributed by atoms with E-state index in [1.54, 1.807) is 18.2 Å². The summed E-state index contributed by atoms with van der Waals surface area (Å²) >= 11 is 0. The summed E-state index contributed by atoms with van der Waals surface area (Å²) in [6.45, 7) is 0. The van der Waals surface area contributed by atoms with E-state index in [4.69, 9.17) is 5.11 Å². The molecule has 2 rings (SSSR count). The van der Waals surface area contributed by atoms with E-state index in [0.29, 0.717) is 0 Å². The third kappa shape index (κ3) is 2.14. The molecule has 0 saturated heterocycles. The maximum atomic E-state index is 11.2. The molecule has 0 saturated carbocycles. The standard InChI is InChI=1S/C11H10O4S/c12-11(13)9-3-1-8(2-4-9)10-5-6-16(14,15)7-10/h1-5H,6-7H2,(H,12,13). The van der Waals surface area contributed by atoms with E-state index in [1.807, 2.05) is 0 Å². The molecule has 0 unspecified atom stereocenters. The molecule has 16 heavy (non-hydrogen) atoms. The quantitative estimate of drug-likeness (QED) is 0.840. The van der Waals surface area contributed by atoms with Crippen LogP contribution in [0.1, 0.15) is 15.9 Å². The van der Waals surface area contributed by atoms with E-state index in [0.717, 1.165) is 11.1 Å². The Morgan fingerprint density at radius 3 is 2.25 bits per heavy atom. The zero-order chi connectivity index (χ0) is 11.8. The van der Waals surface area contributed by atoms with Crippen LogP contribution in [0.15, 0.2) is 30.3 Å². The van der Waals surface area contributed by atoms with Crippen molar-refractivity contribution in [3.8, 4) is 0 Å². The summed E-state index contributed by atoms with van der Waals surface area (Å²) in [5.74, 6) is -0.873. The Kier molecular flexibility index (Phi) is 2.55. The number of sulfone groups is 1. The molecular weight excluding hydrogens is 228 g/mol. The van der Waals surface area contributed by atoms with Gasteiger partial charge in [0.1, 0.15) is 0 Å². The summed E-state index contributed by atoms with van der Waals surface area (Å²) in [4.78, 5) is 10.6. The number of hydrogen-bond acceptors (Lipinski definition) is 3. The van der Waals surface area contributed by atoms with E-state index in [9.17, 15) is 13.2 Å². The van der Waals surface area contributed by atoms with Crippen molar-refractivity contribution in [2.24, 2.45) is 0 Å². The van der Waals surface area contributed by atoms with Crippen molar-refractivity contribution < 1.29 is 18.3 Å². The molecule has 1 aromatic rings. The van der Waals surface area contributed by atoms with Crippen molar-refractivity contribution in [3.63, 3.8) is 0 Å². The third-order valence-electron chi connectivity index (χ3n) is 2.46. The highest BCUT2D eigenvalue weighted by Gasteiger charge is 2.20. The molecule has 1 aliphatic rings. The van der Waals surface area contributed by atoms with Gasteiger partial charge in [-0.05, 0) is 23.3 Å². The van der Waals surface area contributed by atoms with Gasteiger partial charge >= 0.3 is 5.97 Å². The van der Waals surface area contributed by atoms with Gasteiger partial charge in [-0.3, -0.25) is 0 Å². The second-order valence-corrected chi connectivity index (χ2v) is 5.78. The van der Waals surface area contributed by atoms with Gasteiger partial charge in [0.25, 0.3) is 0 Å². The van der Waals surface area contributed by atoms with Gasteiger partial charge in [-0.1, -0.05) is 18.2 Å². The van der Waals surface area contributed by atoms with Crippen molar-refractivity contribution in [1.82, 2.24) is 0 Å². The Morgan fingerprint density at radius 2 is 1.81 bits per heavy atom. The minimum Gasteiger partial charge on any atom is -0.478 e. The van der Waals surface area contributed by atoms with Crippen LogP contribution >= 0.6 is 0 Å². The Balaban J connectivity index is 2.27. The molecule has 0 aliphatic carbocycles. The van der Waals surface area contributed by atoms with Crippen LogP contribution in [-0.2, 0) is 9.84 Å². The predicted molar refractivity (Wildman–Crippen MR) is 60.0 cm³/mol. The summed E-state index contributed by atoms with van der Waals surface area (Å²) < 4.78 is 22.5. The van der Waals surface area contributed by atoms with E-state index >= 15 is 0 Å². The van der Waals surface area contributed by atoms with Crippen molar-refractivity contribution in [1.29, 1.82) is 0 Å². The first kappa shape index (κ1) is 10.9. The number of benzene rings is 1. The van der Waals surface area contributed by atoms with Crippen LogP contribution < -0.4 is 0 Å². The molecule has 0 radical (unpaired) electrons. The molecule has 0 spiro atoms. The minimum atomic E-state index is -2.98. The molecule has 0 amide bonds. The highest BCUT2D eigenvalue weighted by Crippen LogP contribution is 2.22. The molecule has 84 valence electrons. The van der Waals surface area contributed by atoms with Crippen LogP contribution in [0.3, 0.4) is 0 Å². The van der Waals surface area contributed by atoms with Crippen molar-refractivity contribution in [2.75, 3.05) is 11.5 Å². The fourth-order valence-electron chi connectivity index (χ4n) is 1.61. The van der Waals surface area contributed by atoms with Gasteiger partial charge < -0.3 is 5.11 Å². The predicted octanol–water partition coefficient (Wildman–Crippen LogP) is 1.20. The highest BCUT2D eigenvalue weighted by atomic mass is 32.2. The maximum absolute atomic E-state index is 11.2. The second-order valence-electron chi connectivity index (χ2n) is 3.67. The molecule has 1 heterocycles. The van der Waals surface area contributed by atoms with Gasteiger partial charge in [-0.25, -0.2) is 13.2 Å². The van der Waals surface area contributed by atoms with Crippen LogP contribution in [0.5, 0.6) is 0 Å². The minimum absolute atomic E-state index is 0.0411. The Morgan fingerprint density at radius 1 is 1.19 bits per heavy atom. The van der Waals surface area contributed by atoms with Gasteiger partial charge in [0.15, 0.2) is 9.84 Å². The number of carbonyl (C=O) groups is 1. The Labute approximate surface area is 93.1 Å². The molecule has 0 aromatic heterocycles. The lowest BCUT2D eigenvalue weighted by Crippen LogP contribution is -2.02. The average Bonchev–Trinajstić information content (AvgIpc) is 2.59. The molecule has 0 bridgehead atoms. The van der Waals surface area contributed by atoms with E-state index < -0.39 is 15.8 Å². The van der Waals surface area contributed by atoms with Gasteiger partial charge in [-0.2, -0.15) is 0 Å². The number of carboxylic acids is 1. The second kappa shape index (κ2) is 3.75. The summed E-state index contributed by atoms with van der Waals surface area (Å²) in [7, 11) is -2.98. The van der Waals surface area contributed by atoms with Crippen LogP contribution in [-0.4, -0.2) is 31.0 Å². The first-order valence-electron chi connectivity index (χ1n) is 4.71. The molecule has 4 nitrogen and oxygen atoms in total. The third-order valence-corrected chi connectivity index (χ3v) is 3.89. The van der Waals surface area contributed by atoms with Crippen LogP contribution in [0.25, 0.3) is 5.57 Å². The normalized spacial score (nSPS) is 18.1.